The molecule has 3 rings (SSSR count). The summed E-state index contributed by atoms with van der Waals surface area (Å²) in [5, 5.41) is 3.73. The molecule has 0 saturated carbocycles. The number of methoxy groups -OCH3 is 1. The van der Waals surface area contributed by atoms with Crippen LogP contribution in [0.25, 0.3) is 0 Å². The van der Waals surface area contributed by atoms with Crippen molar-refractivity contribution in [2.75, 3.05) is 13.7 Å². The molecule has 0 unspecified atom stereocenters. The van der Waals surface area contributed by atoms with Gasteiger partial charge in [-0.05, 0) is 31.2 Å². The monoisotopic (exact) mass is 410 g/mol. The maximum absolute atomic E-state index is 12.7. The van der Waals surface area contributed by atoms with Crippen LogP contribution in [0.5, 0.6) is 0 Å². The average molecular weight is 411 g/mol. The second kappa shape index (κ2) is 7.34. The highest BCUT2D eigenvalue weighted by Crippen LogP contribution is 2.50. The number of Topliss-reactive ketones (excluding diaryl/α,β-unsaturated/α-hetero) is 1. The summed E-state index contributed by atoms with van der Waals surface area (Å²) >= 11 is 12.5. The Labute approximate surface area is 165 Å². The van der Waals surface area contributed by atoms with E-state index in [1.165, 1.54) is 23.9 Å². The van der Waals surface area contributed by atoms with Crippen molar-refractivity contribution in [2.24, 2.45) is 0 Å². The van der Waals surface area contributed by atoms with Crippen LogP contribution in [0.4, 0.5) is 0 Å². The molecule has 1 aliphatic rings. The van der Waals surface area contributed by atoms with Gasteiger partial charge in [-0.25, -0.2) is 9.59 Å². The lowest BCUT2D eigenvalue weighted by molar-refractivity contribution is -0.147. The van der Waals surface area contributed by atoms with E-state index in [-0.39, 0.29) is 12.3 Å². The van der Waals surface area contributed by atoms with E-state index in [0.717, 1.165) is 0 Å². The van der Waals surface area contributed by atoms with Gasteiger partial charge in [0.05, 0.1) is 25.5 Å². The average Bonchev–Trinajstić information content (AvgIpc) is 3.17. The van der Waals surface area contributed by atoms with Crippen molar-refractivity contribution in [1.29, 1.82) is 0 Å². The molecular formula is C18H16Cl2N2O5. The van der Waals surface area contributed by atoms with Gasteiger partial charge < -0.3 is 14.0 Å². The van der Waals surface area contributed by atoms with E-state index < -0.39 is 29.4 Å². The first kappa shape index (κ1) is 19.4. The molecule has 2 heterocycles. The number of rotatable bonds is 6. The Morgan fingerprint density at radius 1 is 1.19 bits per heavy atom. The van der Waals surface area contributed by atoms with E-state index in [1.54, 1.807) is 31.2 Å². The van der Waals surface area contributed by atoms with Crippen LogP contribution in [0.1, 0.15) is 29.0 Å². The third-order valence-corrected chi connectivity index (χ3v) is 4.97. The van der Waals surface area contributed by atoms with Crippen molar-refractivity contribution in [3.8, 4) is 0 Å². The van der Waals surface area contributed by atoms with Gasteiger partial charge in [-0.3, -0.25) is 10.1 Å². The molecular weight excluding hydrogens is 395 g/mol. The molecule has 1 aromatic heterocycles. The topological polar surface area (TPSA) is 96.5 Å². The van der Waals surface area contributed by atoms with E-state index in [1.807, 2.05) is 0 Å². The van der Waals surface area contributed by atoms with E-state index in [2.05, 4.69) is 5.32 Å². The number of carbonyl (C=O) groups is 3. The van der Waals surface area contributed by atoms with Crippen LogP contribution >= 0.6 is 23.2 Å². The number of hydrogen-bond donors (Lipinski definition) is 1. The molecule has 0 spiro atoms. The smallest absolute Gasteiger partial charge is 0.381 e. The second-order valence-corrected chi connectivity index (χ2v) is 6.60. The van der Waals surface area contributed by atoms with Crippen molar-refractivity contribution < 1.29 is 23.9 Å². The number of hydrogen-bond acceptors (Lipinski definition) is 6. The SMILES string of the molecule is CCOC(=O)C(=O)c1cccn1[C@]1(C(=O)OC)N[C@H]1c1c(Cl)cccc1Cl. The highest BCUT2D eigenvalue weighted by molar-refractivity contribution is 6.40. The van der Waals surface area contributed by atoms with Crippen LogP contribution in [0.2, 0.25) is 10.0 Å². The number of ketones is 1. The minimum absolute atomic E-state index is 0.0166. The number of aromatic nitrogens is 1. The van der Waals surface area contributed by atoms with Crippen LogP contribution in [-0.2, 0) is 24.7 Å². The van der Waals surface area contributed by atoms with Gasteiger partial charge in [0.2, 0.25) is 5.66 Å². The molecule has 9 heteroatoms. The molecule has 0 bridgehead atoms. The molecule has 1 aromatic carbocycles. The number of carbonyl (C=O) groups excluding carboxylic acids is 3. The van der Waals surface area contributed by atoms with Crippen LogP contribution in [0.3, 0.4) is 0 Å². The zero-order chi connectivity index (χ0) is 19.8. The fraction of sp³-hybridized carbons (Fsp3) is 0.278. The Morgan fingerprint density at radius 3 is 2.44 bits per heavy atom. The number of esters is 2. The maximum Gasteiger partial charge on any atom is 0.381 e. The summed E-state index contributed by atoms with van der Waals surface area (Å²) in [7, 11) is 1.23. The molecule has 7 nitrogen and oxygen atoms in total. The minimum Gasteiger partial charge on any atom is -0.466 e. The van der Waals surface area contributed by atoms with Gasteiger partial charge in [0, 0.05) is 21.8 Å². The predicted molar refractivity (Wildman–Crippen MR) is 97.7 cm³/mol. The quantitative estimate of drug-likeness (QED) is 0.340. The number of ether oxygens (including phenoxy) is 2. The van der Waals surface area contributed by atoms with Gasteiger partial charge in [0.1, 0.15) is 0 Å². The predicted octanol–water partition coefficient (Wildman–Crippen LogP) is 2.71. The van der Waals surface area contributed by atoms with Gasteiger partial charge in [-0.15, -0.1) is 0 Å². The van der Waals surface area contributed by atoms with E-state index in [4.69, 9.17) is 32.7 Å². The number of nitrogens with zero attached hydrogens (tertiary/aromatic N) is 1. The van der Waals surface area contributed by atoms with Crippen molar-refractivity contribution in [3.05, 3.63) is 57.8 Å². The summed E-state index contributed by atoms with van der Waals surface area (Å²) in [6.45, 7) is 1.65. The molecule has 0 amide bonds. The number of nitrogens with one attached hydrogen (secondary N) is 1. The molecule has 0 aliphatic carbocycles. The molecule has 0 radical (unpaired) electrons. The van der Waals surface area contributed by atoms with Crippen molar-refractivity contribution in [1.82, 2.24) is 9.88 Å². The van der Waals surface area contributed by atoms with Crippen LogP contribution in [-0.4, -0.2) is 36.0 Å². The Hall–Kier alpha value is -2.35. The first-order chi connectivity index (χ1) is 12.9. The van der Waals surface area contributed by atoms with Crippen LogP contribution in [0, 0.1) is 0 Å². The standard InChI is InChI=1S/C18H16Cl2N2O5/c1-3-27-16(24)14(23)12-8-5-9-22(12)18(17(25)26-2)15(21-18)13-10(19)6-4-7-11(13)20/h4-9,15,21H,3H2,1-2H3/t15-,18+/m0/s1. The zero-order valence-corrected chi connectivity index (χ0v) is 16.0. The zero-order valence-electron chi connectivity index (χ0n) is 14.5. The van der Waals surface area contributed by atoms with E-state index >= 15 is 0 Å². The van der Waals surface area contributed by atoms with E-state index in [0.29, 0.717) is 15.6 Å². The molecule has 27 heavy (non-hydrogen) atoms. The van der Waals surface area contributed by atoms with Gasteiger partial charge in [0.15, 0.2) is 0 Å². The fourth-order valence-corrected chi connectivity index (χ4v) is 3.68. The third kappa shape index (κ3) is 3.12. The number of benzene rings is 1. The summed E-state index contributed by atoms with van der Waals surface area (Å²) in [6.07, 6.45) is 1.50. The van der Waals surface area contributed by atoms with Gasteiger partial charge in [-0.2, -0.15) is 0 Å². The minimum atomic E-state index is -1.45. The molecule has 1 N–H and O–H groups in total. The lowest BCUT2D eigenvalue weighted by Gasteiger charge is -2.18. The van der Waals surface area contributed by atoms with E-state index in [9.17, 15) is 14.4 Å². The second-order valence-electron chi connectivity index (χ2n) is 5.78. The molecule has 2 aromatic rings. The lowest BCUT2D eigenvalue weighted by Crippen LogP contribution is -2.36. The summed E-state index contributed by atoms with van der Waals surface area (Å²) < 4.78 is 11.1. The van der Waals surface area contributed by atoms with Gasteiger partial charge >= 0.3 is 11.9 Å². The van der Waals surface area contributed by atoms with Crippen molar-refractivity contribution >= 4 is 40.9 Å². The Bertz CT molecular complexity index is 906. The molecule has 1 saturated heterocycles. The number of halogens is 2. The Balaban J connectivity index is 2.08. The summed E-state index contributed by atoms with van der Waals surface area (Å²) in [4.78, 5) is 37.0. The highest BCUT2D eigenvalue weighted by Gasteiger charge is 2.65. The van der Waals surface area contributed by atoms with Gasteiger partial charge in [0.25, 0.3) is 5.78 Å². The molecule has 142 valence electrons. The van der Waals surface area contributed by atoms with Gasteiger partial charge in [-0.1, -0.05) is 29.3 Å². The summed E-state index contributed by atoms with van der Waals surface area (Å²) in [5.41, 5.74) is -0.976. The van der Waals surface area contributed by atoms with Crippen LogP contribution in [0.15, 0.2) is 36.5 Å². The first-order valence-electron chi connectivity index (χ1n) is 8.07. The Kier molecular flexibility index (Phi) is 5.28. The summed E-state index contributed by atoms with van der Waals surface area (Å²) in [6, 6.07) is 7.29. The maximum atomic E-state index is 12.7. The van der Waals surface area contributed by atoms with Crippen molar-refractivity contribution in [3.63, 3.8) is 0 Å². The highest BCUT2D eigenvalue weighted by atomic mass is 35.5. The van der Waals surface area contributed by atoms with Crippen molar-refractivity contribution in [2.45, 2.75) is 18.6 Å². The fourth-order valence-electron chi connectivity index (χ4n) is 3.06. The molecule has 2 atom stereocenters. The largest absolute Gasteiger partial charge is 0.466 e. The Morgan fingerprint density at radius 2 is 1.85 bits per heavy atom. The first-order valence-corrected chi connectivity index (χ1v) is 8.83. The van der Waals surface area contributed by atoms with Crippen LogP contribution < -0.4 is 5.32 Å². The normalized spacial score (nSPS) is 20.8. The summed E-state index contributed by atoms with van der Waals surface area (Å²) in [5.74, 6) is -2.54. The molecule has 1 aliphatic heterocycles. The lowest BCUT2D eigenvalue weighted by atomic mass is 10.0. The third-order valence-electron chi connectivity index (χ3n) is 4.31. The molecule has 1 fully saturated rings.